The second-order valence-electron chi connectivity index (χ2n) is 17.9. The van der Waals surface area contributed by atoms with E-state index in [-0.39, 0.29) is 0 Å². The van der Waals surface area contributed by atoms with Crippen molar-refractivity contribution in [1.29, 1.82) is 0 Å². The lowest BCUT2D eigenvalue weighted by Crippen LogP contribution is -2.03. The van der Waals surface area contributed by atoms with Crippen LogP contribution in [-0.4, -0.2) is 28.7 Å². The number of halogens is 2. The van der Waals surface area contributed by atoms with E-state index in [2.05, 4.69) is 147 Å². The molecule has 0 aliphatic rings. The predicted molar refractivity (Wildman–Crippen MR) is 285 cm³/mol. The summed E-state index contributed by atoms with van der Waals surface area (Å²) in [5.74, 6) is -0.0453. The maximum absolute atomic E-state index is 15.2. The van der Waals surface area contributed by atoms with Gasteiger partial charge in [0.15, 0.2) is 17.5 Å². The average Bonchev–Trinajstić information content (AvgIpc) is 4.06. The maximum atomic E-state index is 15.2. The van der Waals surface area contributed by atoms with E-state index >= 15 is 8.78 Å². The highest BCUT2D eigenvalue weighted by molar-refractivity contribution is 6.14. The molecule has 14 aromatic rings. The summed E-state index contributed by atoms with van der Waals surface area (Å²) in [5, 5.41) is 6.86. The van der Waals surface area contributed by atoms with Gasteiger partial charge in [-0.05, 0) is 96.1 Å². The number of nitrogens with zero attached hydrogens (tertiary/aromatic N) is 6. The standard InChI is InChI=1S/C63H38F2N6/c64-42-33-41(34-43(65)35-42)47-30-27-44(38-54(47)63-67-61(39-15-3-1-4-16-39)66-62(68-63)40-17-5-2-6-18-40)71-59-31-28-45(69-55-23-11-7-19-48(55)49-20-8-12-24-56(49)69)36-52(59)53-37-46(29-32-60(53)71)70-57-25-13-9-21-50(57)51-22-10-14-26-58(51)70/h1-38H. The topological polar surface area (TPSA) is 53.5 Å². The smallest absolute Gasteiger partial charge is 0.164 e. The summed E-state index contributed by atoms with van der Waals surface area (Å²) in [6, 6.07) is 76.8. The second-order valence-corrected chi connectivity index (χ2v) is 17.9. The molecule has 71 heavy (non-hydrogen) atoms. The van der Waals surface area contributed by atoms with E-state index in [9.17, 15) is 0 Å². The Bertz CT molecular complexity index is 4080. The number of benzene rings is 10. The van der Waals surface area contributed by atoms with Crippen LogP contribution in [-0.2, 0) is 0 Å². The molecule has 0 saturated carbocycles. The molecule has 0 saturated heterocycles. The Morgan fingerprint density at radius 1 is 0.254 bits per heavy atom. The van der Waals surface area contributed by atoms with Gasteiger partial charge in [0.2, 0.25) is 0 Å². The van der Waals surface area contributed by atoms with Crippen LogP contribution < -0.4 is 0 Å². The van der Waals surface area contributed by atoms with Gasteiger partial charge in [-0.1, -0.05) is 140 Å². The molecule has 8 heteroatoms. The van der Waals surface area contributed by atoms with Gasteiger partial charge < -0.3 is 13.7 Å². The van der Waals surface area contributed by atoms with Gasteiger partial charge in [-0.3, -0.25) is 0 Å². The first-order valence-electron chi connectivity index (χ1n) is 23.6. The highest BCUT2D eigenvalue weighted by Crippen LogP contribution is 2.42. The maximum Gasteiger partial charge on any atom is 0.164 e. The number of hydrogen-bond donors (Lipinski definition) is 0. The summed E-state index contributed by atoms with van der Waals surface area (Å²) in [5.41, 5.74) is 12.5. The first-order valence-corrected chi connectivity index (χ1v) is 23.6. The van der Waals surface area contributed by atoms with Crippen molar-refractivity contribution in [3.8, 4) is 62.4 Å². The van der Waals surface area contributed by atoms with Crippen molar-refractivity contribution >= 4 is 65.4 Å². The number of para-hydroxylation sites is 4. The van der Waals surface area contributed by atoms with Crippen LogP contribution in [0.1, 0.15) is 0 Å². The van der Waals surface area contributed by atoms with Gasteiger partial charge in [-0.15, -0.1) is 0 Å². The molecule has 0 aliphatic heterocycles. The van der Waals surface area contributed by atoms with Crippen molar-refractivity contribution in [2.45, 2.75) is 0 Å². The van der Waals surface area contributed by atoms with Gasteiger partial charge >= 0.3 is 0 Å². The van der Waals surface area contributed by atoms with E-state index in [1.165, 1.54) is 33.7 Å². The molecule has 0 amide bonds. The molecule has 14 rings (SSSR count). The molecule has 10 aromatic carbocycles. The molecule has 0 aliphatic carbocycles. The summed E-state index contributed by atoms with van der Waals surface area (Å²) in [4.78, 5) is 15.2. The van der Waals surface area contributed by atoms with E-state index in [1.54, 1.807) is 0 Å². The molecule has 4 heterocycles. The first-order chi connectivity index (χ1) is 35.0. The lowest BCUT2D eigenvalue weighted by Gasteiger charge is -2.16. The van der Waals surface area contributed by atoms with E-state index in [1.807, 2.05) is 78.9 Å². The molecule has 0 atom stereocenters. The number of rotatable bonds is 7. The monoisotopic (exact) mass is 916 g/mol. The van der Waals surface area contributed by atoms with Crippen LogP contribution in [0, 0.1) is 11.6 Å². The Morgan fingerprint density at radius 3 is 1.04 bits per heavy atom. The van der Waals surface area contributed by atoms with Crippen LogP contribution in [0.2, 0.25) is 0 Å². The Hall–Kier alpha value is -9.53. The van der Waals surface area contributed by atoms with Crippen molar-refractivity contribution in [3.05, 3.63) is 242 Å². The van der Waals surface area contributed by atoms with Gasteiger partial charge in [0, 0.05) is 72.1 Å². The number of fused-ring (bicyclic) bond motifs is 9. The SMILES string of the molecule is Fc1cc(F)cc(-c2ccc(-n3c4ccc(-n5c6ccccc6c6ccccc65)cc4c4cc(-n5c6ccccc6c6ccccc65)ccc43)cc2-c2nc(-c3ccccc3)nc(-c3ccccc3)n2)c1. The van der Waals surface area contributed by atoms with E-state index in [0.717, 1.165) is 78.1 Å². The van der Waals surface area contributed by atoms with Crippen LogP contribution in [0.3, 0.4) is 0 Å². The molecule has 0 N–H and O–H groups in total. The Labute approximate surface area is 405 Å². The Kier molecular flexibility index (Phi) is 9.16. The Morgan fingerprint density at radius 2 is 0.606 bits per heavy atom. The minimum absolute atomic E-state index is 0.362. The molecule has 0 bridgehead atoms. The molecule has 0 fully saturated rings. The summed E-state index contributed by atoms with van der Waals surface area (Å²) < 4.78 is 37.4. The van der Waals surface area contributed by atoms with Crippen LogP contribution in [0.4, 0.5) is 8.78 Å². The lowest BCUT2D eigenvalue weighted by molar-refractivity contribution is 0.584. The van der Waals surface area contributed by atoms with Gasteiger partial charge in [0.05, 0.1) is 33.1 Å². The average molecular weight is 917 g/mol. The minimum atomic E-state index is -0.680. The zero-order valence-electron chi connectivity index (χ0n) is 37.9. The summed E-state index contributed by atoms with van der Waals surface area (Å²) in [6.07, 6.45) is 0. The molecule has 0 radical (unpaired) electrons. The molecular formula is C63H38F2N6. The number of aromatic nitrogens is 6. The van der Waals surface area contributed by atoms with E-state index in [4.69, 9.17) is 15.0 Å². The Balaban J connectivity index is 1.06. The molecule has 4 aromatic heterocycles. The fourth-order valence-electron chi connectivity index (χ4n) is 10.7. The highest BCUT2D eigenvalue weighted by atomic mass is 19.1. The van der Waals surface area contributed by atoms with Gasteiger partial charge in [-0.2, -0.15) is 0 Å². The van der Waals surface area contributed by atoms with Crippen molar-refractivity contribution in [3.63, 3.8) is 0 Å². The van der Waals surface area contributed by atoms with Gasteiger partial charge in [0.1, 0.15) is 11.6 Å². The minimum Gasteiger partial charge on any atom is -0.309 e. The molecule has 6 nitrogen and oxygen atoms in total. The zero-order chi connectivity index (χ0) is 47.2. The second kappa shape index (κ2) is 16.0. The highest BCUT2D eigenvalue weighted by Gasteiger charge is 2.22. The van der Waals surface area contributed by atoms with Crippen molar-refractivity contribution in [2.75, 3.05) is 0 Å². The third-order valence-corrected chi connectivity index (χ3v) is 13.8. The molecule has 0 unspecified atom stereocenters. The zero-order valence-corrected chi connectivity index (χ0v) is 37.9. The predicted octanol–water partition coefficient (Wildman–Crippen LogP) is 16.1. The van der Waals surface area contributed by atoms with Crippen molar-refractivity contribution in [1.82, 2.24) is 28.7 Å². The molecule has 0 spiro atoms. The number of hydrogen-bond acceptors (Lipinski definition) is 3. The van der Waals surface area contributed by atoms with Crippen LogP contribution in [0.5, 0.6) is 0 Å². The van der Waals surface area contributed by atoms with Crippen molar-refractivity contribution < 1.29 is 8.78 Å². The van der Waals surface area contributed by atoms with Crippen LogP contribution >= 0.6 is 0 Å². The summed E-state index contributed by atoms with van der Waals surface area (Å²) >= 11 is 0. The van der Waals surface area contributed by atoms with Crippen LogP contribution in [0.25, 0.3) is 128 Å². The largest absolute Gasteiger partial charge is 0.309 e. The summed E-state index contributed by atoms with van der Waals surface area (Å²) in [6.45, 7) is 0. The fraction of sp³-hybridized carbons (Fsp3) is 0. The normalized spacial score (nSPS) is 11.8. The van der Waals surface area contributed by atoms with Crippen LogP contribution in [0.15, 0.2) is 231 Å². The van der Waals surface area contributed by atoms with Gasteiger partial charge in [0.25, 0.3) is 0 Å². The quantitative estimate of drug-likeness (QED) is 0.160. The summed E-state index contributed by atoms with van der Waals surface area (Å²) in [7, 11) is 0. The fourth-order valence-corrected chi connectivity index (χ4v) is 10.7. The van der Waals surface area contributed by atoms with E-state index in [0.29, 0.717) is 34.2 Å². The third kappa shape index (κ3) is 6.56. The van der Waals surface area contributed by atoms with Crippen molar-refractivity contribution in [2.24, 2.45) is 0 Å². The van der Waals surface area contributed by atoms with Gasteiger partial charge in [-0.25, -0.2) is 23.7 Å². The lowest BCUT2D eigenvalue weighted by atomic mass is 9.97. The van der Waals surface area contributed by atoms with E-state index < -0.39 is 11.6 Å². The molecule has 334 valence electrons. The first kappa shape index (κ1) is 40.5. The third-order valence-electron chi connectivity index (χ3n) is 13.8. The molecular weight excluding hydrogens is 879 g/mol.